The van der Waals surface area contributed by atoms with Crippen LogP contribution in [0.2, 0.25) is 0 Å². The van der Waals surface area contributed by atoms with Crippen LogP contribution in [0.15, 0.2) is 12.5 Å². The van der Waals surface area contributed by atoms with Crippen LogP contribution in [0.5, 0.6) is 0 Å². The second kappa shape index (κ2) is 4.93. The predicted molar refractivity (Wildman–Crippen MR) is 49.9 cm³/mol. The summed E-state index contributed by atoms with van der Waals surface area (Å²) in [6, 6.07) is 0. The van der Waals surface area contributed by atoms with Crippen molar-refractivity contribution in [3.63, 3.8) is 0 Å². The first-order valence-electron chi connectivity index (χ1n) is 4.57. The molecule has 0 aliphatic rings. The van der Waals surface area contributed by atoms with E-state index in [9.17, 15) is 0 Å². The molecular formula is C9H17N3. The summed E-state index contributed by atoms with van der Waals surface area (Å²) >= 11 is 0. The molecule has 0 aliphatic heterocycles. The largest absolute Gasteiger partial charge is 0.335 e. The number of nitrogens with zero attached hydrogens (tertiary/aromatic N) is 2. The van der Waals surface area contributed by atoms with Crippen molar-refractivity contribution in [2.75, 3.05) is 6.54 Å². The maximum Gasteiger partial charge on any atom is 0.0948 e. The van der Waals surface area contributed by atoms with Crippen LogP contribution < -0.4 is 5.73 Å². The van der Waals surface area contributed by atoms with Crippen LogP contribution in [-0.2, 0) is 13.0 Å². The van der Waals surface area contributed by atoms with Crippen LogP contribution in [-0.4, -0.2) is 16.1 Å². The van der Waals surface area contributed by atoms with Gasteiger partial charge in [-0.3, -0.25) is 0 Å². The fraction of sp³-hybridized carbons (Fsp3) is 0.667. The number of hydrogen-bond donors (Lipinski definition) is 1. The smallest absolute Gasteiger partial charge is 0.0948 e. The van der Waals surface area contributed by atoms with Gasteiger partial charge in [0.2, 0.25) is 0 Å². The molecule has 1 rings (SSSR count). The number of hydrogen-bond acceptors (Lipinski definition) is 2. The first kappa shape index (κ1) is 9.26. The molecular weight excluding hydrogens is 150 g/mol. The number of imidazole rings is 1. The Hall–Kier alpha value is -0.830. The van der Waals surface area contributed by atoms with Crippen molar-refractivity contribution in [3.05, 3.63) is 18.2 Å². The molecule has 0 aromatic carbocycles. The Bertz CT molecular complexity index is 217. The molecule has 0 saturated carbocycles. The summed E-state index contributed by atoms with van der Waals surface area (Å²) in [7, 11) is 0. The number of aryl methyl sites for hydroxylation is 2. The van der Waals surface area contributed by atoms with Gasteiger partial charge < -0.3 is 10.3 Å². The van der Waals surface area contributed by atoms with Gasteiger partial charge in [0.15, 0.2) is 0 Å². The van der Waals surface area contributed by atoms with Crippen LogP contribution in [0.1, 0.15) is 25.5 Å². The van der Waals surface area contributed by atoms with E-state index in [-0.39, 0.29) is 0 Å². The summed E-state index contributed by atoms with van der Waals surface area (Å²) in [4.78, 5) is 4.10. The van der Waals surface area contributed by atoms with E-state index in [1.54, 1.807) is 0 Å². The van der Waals surface area contributed by atoms with E-state index < -0.39 is 0 Å². The Morgan fingerprint density at radius 1 is 1.50 bits per heavy atom. The first-order chi connectivity index (χ1) is 5.88. The van der Waals surface area contributed by atoms with Crippen molar-refractivity contribution in [3.8, 4) is 0 Å². The zero-order chi connectivity index (χ0) is 8.81. The summed E-state index contributed by atoms with van der Waals surface area (Å²) in [5.74, 6) is 0. The monoisotopic (exact) mass is 167 g/mol. The van der Waals surface area contributed by atoms with Crippen LogP contribution in [0, 0.1) is 0 Å². The van der Waals surface area contributed by atoms with Gasteiger partial charge in [-0.2, -0.15) is 0 Å². The second-order valence-electron chi connectivity index (χ2n) is 2.92. The molecule has 3 heteroatoms. The molecule has 0 fully saturated rings. The van der Waals surface area contributed by atoms with Crippen molar-refractivity contribution in [2.24, 2.45) is 5.73 Å². The van der Waals surface area contributed by atoms with Crippen molar-refractivity contribution >= 4 is 0 Å². The normalized spacial score (nSPS) is 10.5. The van der Waals surface area contributed by atoms with E-state index >= 15 is 0 Å². The lowest BCUT2D eigenvalue weighted by Crippen LogP contribution is -2.02. The average Bonchev–Trinajstić information content (AvgIpc) is 2.52. The first-order valence-corrected chi connectivity index (χ1v) is 4.57. The Morgan fingerprint density at radius 3 is 3.00 bits per heavy atom. The van der Waals surface area contributed by atoms with Crippen molar-refractivity contribution in [2.45, 2.75) is 32.7 Å². The molecule has 0 atom stereocenters. The summed E-state index contributed by atoms with van der Waals surface area (Å²) < 4.78 is 2.18. The van der Waals surface area contributed by atoms with Crippen LogP contribution in [0.25, 0.3) is 0 Å². The van der Waals surface area contributed by atoms with E-state index in [0.717, 1.165) is 25.9 Å². The molecule has 1 aromatic heterocycles. The van der Waals surface area contributed by atoms with Crippen LogP contribution >= 0.6 is 0 Å². The van der Waals surface area contributed by atoms with Gasteiger partial charge in [-0.15, -0.1) is 0 Å². The van der Waals surface area contributed by atoms with Gasteiger partial charge in [0.25, 0.3) is 0 Å². The number of rotatable bonds is 5. The molecule has 0 unspecified atom stereocenters. The Labute approximate surface area is 73.6 Å². The van der Waals surface area contributed by atoms with Gasteiger partial charge in [-0.25, -0.2) is 4.98 Å². The van der Waals surface area contributed by atoms with Crippen LogP contribution in [0.3, 0.4) is 0 Å². The molecule has 0 bridgehead atoms. The zero-order valence-electron chi connectivity index (χ0n) is 7.66. The molecule has 0 saturated heterocycles. The van der Waals surface area contributed by atoms with E-state index in [1.165, 1.54) is 12.1 Å². The lowest BCUT2D eigenvalue weighted by Gasteiger charge is -2.03. The quantitative estimate of drug-likeness (QED) is 0.669. The van der Waals surface area contributed by atoms with Crippen molar-refractivity contribution in [1.29, 1.82) is 0 Å². The second-order valence-corrected chi connectivity index (χ2v) is 2.92. The molecule has 1 aromatic rings. The van der Waals surface area contributed by atoms with Crippen LogP contribution in [0.4, 0.5) is 0 Å². The number of unbranched alkanes of at least 4 members (excludes halogenated alkanes) is 1. The molecule has 1 heterocycles. The topological polar surface area (TPSA) is 43.8 Å². The highest BCUT2D eigenvalue weighted by Crippen LogP contribution is 2.03. The molecule has 12 heavy (non-hydrogen) atoms. The van der Waals surface area contributed by atoms with Gasteiger partial charge in [-0.05, 0) is 32.7 Å². The van der Waals surface area contributed by atoms with E-state index in [2.05, 4.69) is 16.5 Å². The third-order valence-electron chi connectivity index (χ3n) is 2.03. The molecule has 0 radical (unpaired) electrons. The Morgan fingerprint density at radius 2 is 2.33 bits per heavy atom. The molecule has 0 aliphatic carbocycles. The summed E-state index contributed by atoms with van der Waals surface area (Å²) in [5, 5.41) is 0. The third-order valence-corrected chi connectivity index (χ3v) is 2.03. The number of aromatic nitrogens is 2. The number of nitrogens with two attached hydrogens (primary N) is 1. The zero-order valence-corrected chi connectivity index (χ0v) is 7.66. The third kappa shape index (κ3) is 2.34. The molecule has 68 valence electrons. The standard InChI is InChI=1S/C9H17N3/c1-2-12-8-11-7-9(12)5-3-4-6-10/h7-8H,2-6,10H2,1H3. The highest BCUT2D eigenvalue weighted by atomic mass is 15.0. The van der Waals surface area contributed by atoms with Gasteiger partial charge in [-0.1, -0.05) is 0 Å². The minimum Gasteiger partial charge on any atom is -0.335 e. The SMILES string of the molecule is CCn1cncc1CCCCN. The van der Waals surface area contributed by atoms with Crippen molar-refractivity contribution < 1.29 is 0 Å². The highest BCUT2D eigenvalue weighted by molar-refractivity contribution is 4.98. The molecule has 3 nitrogen and oxygen atoms in total. The Balaban J connectivity index is 2.39. The fourth-order valence-corrected chi connectivity index (χ4v) is 1.29. The van der Waals surface area contributed by atoms with Gasteiger partial charge >= 0.3 is 0 Å². The van der Waals surface area contributed by atoms with E-state index in [0.29, 0.717) is 0 Å². The molecule has 2 N–H and O–H groups in total. The van der Waals surface area contributed by atoms with Gasteiger partial charge in [0.05, 0.1) is 6.33 Å². The lowest BCUT2D eigenvalue weighted by molar-refractivity contribution is 0.666. The highest BCUT2D eigenvalue weighted by Gasteiger charge is 1.98. The summed E-state index contributed by atoms with van der Waals surface area (Å²) in [6.07, 6.45) is 7.21. The fourth-order valence-electron chi connectivity index (χ4n) is 1.29. The summed E-state index contributed by atoms with van der Waals surface area (Å²) in [6.45, 7) is 3.94. The molecule has 0 spiro atoms. The van der Waals surface area contributed by atoms with Crippen molar-refractivity contribution in [1.82, 2.24) is 9.55 Å². The van der Waals surface area contributed by atoms with E-state index in [4.69, 9.17) is 5.73 Å². The average molecular weight is 167 g/mol. The van der Waals surface area contributed by atoms with E-state index in [1.807, 2.05) is 12.5 Å². The predicted octanol–water partition coefficient (Wildman–Crippen LogP) is 1.18. The van der Waals surface area contributed by atoms with Gasteiger partial charge in [0.1, 0.15) is 0 Å². The maximum atomic E-state index is 5.42. The minimum absolute atomic E-state index is 0.792. The maximum absolute atomic E-state index is 5.42. The Kier molecular flexibility index (Phi) is 3.80. The lowest BCUT2D eigenvalue weighted by atomic mass is 10.2. The summed E-state index contributed by atoms with van der Waals surface area (Å²) in [5.41, 5.74) is 6.74. The van der Waals surface area contributed by atoms with Gasteiger partial charge in [0, 0.05) is 18.4 Å². The molecule has 0 amide bonds. The minimum atomic E-state index is 0.792.